The molecule has 0 bridgehead atoms. The lowest BCUT2D eigenvalue weighted by Gasteiger charge is -2.32. The molecule has 10 heteroatoms. The van der Waals surface area contributed by atoms with E-state index in [0.29, 0.717) is 20.8 Å². The van der Waals surface area contributed by atoms with Crippen molar-refractivity contribution in [1.82, 2.24) is 0 Å². The zero-order valence-corrected chi connectivity index (χ0v) is 27.2. The van der Waals surface area contributed by atoms with Crippen LogP contribution in [-0.2, 0) is 4.79 Å². The largest absolute Gasteiger partial charge is 0.504 e. The van der Waals surface area contributed by atoms with Crippen molar-refractivity contribution in [2.75, 3.05) is 0 Å². The lowest BCUT2D eigenvalue weighted by Crippen LogP contribution is -2.19. The number of hydrogen-bond donors (Lipinski definition) is 4. The van der Waals surface area contributed by atoms with Gasteiger partial charge in [-0.3, -0.25) is 0 Å². The first kappa shape index (κ1) is 37.4. The molecule has 0 atom stereocenters. The van der Waals surface area contributed by atoms with Gasteiger partial charge in [0.15, 0.2) is 11.5 Å². The molecule has 2 aromatic carbocycles. The Morgan fingerprint density at radius 1 is 0.953 bits per heavy atom. The van der Waals surface area contributed by atoms with Crippen LogP contribution in [0.3, 0.4) is 0 Å². The number of carbonyl (C=O) groups excluding carboxylic acids is 1. The van der Waals surface area contributed by atoms with Crippen molar-refractivity contribution < 1.29 is 24.5 Å². The summed E-state index contributed by atoms with van der Waals surface area (Å²) in [6.45, 7) is 10.7. The third-order valence-corrected chi connectivity index (χ3v) is 6.93. The summed E-state index contributed by atoms with van der Waals surface area (Å²) < 4.78 is 5.45. The van der Waals surface area contributed by atoms with E-state index in [1.54, 1.807) is 43.3 Å². The molecule has 3 rings (SSSR count). The van der Waals surface area contributed by atoms with Crippen LogP contribution in [0.15, 0.2) is 95.1 Å². The van der Waals surface area contributed by atoms with Gasteiger partial charge >= 0.3 is 12.0 Å². The van der Waals surface area contributed by atoms with Crippen LogP contribution in [0.1, 0.15) is 53.9 Å². The smallest absolute Gasteiger partial charge is 0.328 e. The standard InChI is InChI=1S/C20H28O2.C12H7Cl3O2.CH4N2O/c1-15(8-6-9-16(2)14-19(21)22)11-12-18-17(3)10-7-13-20(18,4)5;13-7-1-3-11(9(15)5-7)17-12-4-2-8(14)6-10(12)16;2-1(3)4/h6,8-9,11-12,14H,7,10,13H2,1-5H3,(H,21,22);1-6,16H;(H4,2,3,4)/b9-6+,12-11+,15-8+,16-14+;;. The summed E-state index contributed by atoms with van der Waals surface area (Å²) >= 11 is 17.4. The topological polar surface area (TPSA) is 136 Å². The van der Waals surface area contributed by atoms with Crippen LogP contribution in [-0.4, -0.2) is 22.2 Å². The minimum atomic E-state index is -0.912. The molecule has 43 heavy (non-hydrogen) atoms. The lowest BCUT2D eigenvalue weighted by atomic mass is 9.72. The highest BCUT2D eigenvalue weighted by molar-refractivity contribution is 6.35. The number of allylic oxidation sites excluding steroid dienone is 9. The molecule has 0 fully saturated rings. The number of phenolic OH excluding ortho intramolecular Hbond substituents is 1. The Morgan fingerprint density at radius 3 is 2.07 bits per heavy atom. The van der Waals surface area contributed by atoms with Gasteiger partial charge in [0, 0.05) is 22.2 Å². The second kappa shape index (κ2) is 18.1. The quantitative estimate of drug-likeness (QED) is 0.175. The molecule has 0 aromatic heterocycles. The second-order valence-electron chi connectivity index (χ2n) is 10.5. The number of benzene rings is 2. The van der Waals surface area contributed by atoms with E-state index >= 15 is 0 Å². The molecule has 2 aromatic rings. The number of primary amides is 2. The van der Waals surface area contributed by atoms with E-state index in [2.05, 4.69) is 51.3 Å². The minimum Gasteiger partial charge on any atom is -0.504 e. The predicted octanol–water partition coefficient (Wildman–Crippen LogP) is 9.77. The number of amides is 2. The molecule has 6 N–H and O–H groups in total. The SMILES string of the molecule is CC1=C(/C=C/C(C)=C/C=C/C(C)=C/C(=O)O)C(C)(C)CCC1.NC(N)=O.Oc1cc(Cl)ccc1Oc1ccc(Cl)cc1Cl. The fourth-order valence-corrected chi connectivity index (χ4v) is 4.74. The van der Waals surface area contributed by atoms with Gasteiger partial charge < -0.3 is 26.4 Å². The maximum atomic E-state index is 10.5. The molecule has 0 heterocycles. The van der Waals surface area contributed by atoms with Crippen LogP contribution in [0.2, 0.25) is 15.1 Å². The van der Waals surface area contributed by atoms with Gasteiger partial charge in [-0.2, -0.15) is 0 Å². The number of nitrogens with two attached hydrogens (primary N) is 2. The molecular weight excluding hydrogens is 611 g/mol. The van der Waals surface area contributed by atoms with Crippen molar-refractivity contribution >= 4 is 46.8 Å². The summed E-state index contributed by atoms with van der Waals surface area (Å²) in [5.41, 5.74) is 13.6. The van der Waals surface area contributed by atoms with E-state index in [0.717, 1.165) is 11.1 Å². The normalized spacial score (nSPS) is 15.0. The summed E-state index contributed by atoms with van der Waals surface area (Å²) in [5, 5.41) is 19.6. The molecular formula is C33H39Cl3N2O5. The van der Waals surface area contributed by atoms with Crippen molar-refractivity contribution in [2.45, 2.75) is 53.9 Å². The van der Waals surface area contributed by atoms with Gasteiger partial charge in [-0.05, 0) is 86.9 Å². The lowest BCUT2D eigenvalue weighted by molar-refractivity contribution is -0.131. The molecule has 0 spiro atoms. The van der Waals surface area contributed by atoms with E-state index < -0.39 is 12.0 Å². The molecule has 0 saturated carbocycles. The average molecular weight is 650 g/mol. The molecule has 7 nitrogen and oxygen atoms in total. The van der Waals surface area contributed by atoms with Crippen LogP contribution in [0.25, 0.3) is 0 Å². The molecule has 0 saturated heterocycles. The first-order chi connectivity index (χ1) is 20.0. The maximum Gasteiger partial charge on any atom is 0.328 e. The van der Waals surface area contributed by atoms with E-state index in [-0.39, 0.29) is 16.9 Å². The number of phenols is 1. The van der Waals surface area contributed by atoms with Gasteiger partial charge in [0.05, 0.1) is 5.02 Å². The van der Waals surface area contributed by atoms with Crippen LogP contribution in [0.4, 0.5) is 4.79 Å². The van der Waals surface area contributed by atoms with Gasteiger partial charge in [0.2, 0.25) is 0 Å². The fourth-order valence-electron chi connectivity index (χ4n) is 4.13. The first-order valence-corrected chi connectivity index (χ1v) is 14.5. The van der Waals surface area contributed by atoms with Gasteiger partial charge in [-0.1, -0.05) is 90.2 Å². The summed E-state index contributed by atoms with van der Waals surface area (Å²) in [7, 11) is 0. The second-order valence-corrected chi connectivity index (χ2v) is 11.7. The fraction of sp³-hybridized carbons (Fsp3) is 0.273. The molecule has 1 aliphatic carbocycles. The van der Waals surface area contributed by atoms with Gasteiger partial charge in [0.1, 0.15) is 5.75 Å². The summed E-state index contributed by atoms with van der Waals surface area (Å²) in [5.74, 6) is -0.277. The van der Waals surface area contributed by atoms with E-state index in [9.17, 15) is 9.90 Å². The number of carbonyl (C=O) groups is 2. The highest BCUT2D eigenvalue weighted by atomic mass is 35.5. The van der Waals surface area contributed by atoms with E-state index in [1.807, 2.05) is 12.2 Å². The maximum absolute atomic E-state index is 10.5. The number of urea groups is 1. The molecule has 2 amide bonds. The average Bonchev–Trinajstić information content (AvgIpc) is 2.86. The highest BCUT2D eigenvalue weighted by Gasteiger charge is 2.26. The summed E-state index contributed by atoms with van der Waals surface area (Å²) in [6, 6.07) is 8.56. The number of carboxylic acids is 1. The Morgan fingerprint density at radius 2 is 1.53 bits per heavy atom. The van der Waals surface area contributed by atoms with Crippen LogP contribution >= 0.6 is 34.8 Å². The Hall–Kier alpha value is -3.65. The van der Waals surface area contributed by atoms with Gasteiger partial charge in [-0.25, -0.2) is 9.59 Å². The van der Waals surface area contributed by atoms with Crippen molar-refractivity contribution in [3.05, 3.63) is 110 Å². The zero-order chi connectivity index (χ0) is 32.7. The number of aromatic hydroxyl groups is 1. The third-order valence-electron chi connectivity index (χ3n) is 6.16. The van der Waals surface area contributed by atoms with Crippen molar-refractivity contribution in [2.24, 2.45) is 16.9 Å². The molecule has 0 radical (unpaired) electrons. The molecule has 0 unspecified atom stereocenters. The Balaban J connectivity index is 0.000000391. The monoisotopic (exact) mass is 648 g/mol. The number of halogens is 3. The number of hydrogen-bond acceptors (Lipinski definition) is 4. The van der Waals surface area contributed by atoms with E-state index in [4.69, 9.17) is 49.4 Å². The Labute approximate surface area is 268 Å². The molecule has 232 valence electrons. The minimum absolute atomic E-state index is 0.0523. The third kappa shape index (κ3) is 14.9. The summed E-state index contributed by atoms with van der Waals surface area (Å²) in [6.07, 6.45) is 15.0. The first-order valence-electron chi connectivity index (χ1n) is 13.3. The van der Waals surface area contributed by atoms with Crippen molar-refractivity contribution in [3.8, 4) is 17.2 Å². The Bertz CT molecular complexity index is 1390. The predicted molar refractivity (Wildman–Crippen MR) is 177 cm³/mol. The summed E-state index contributed by atoms with van der Waals surface area (Å²) in [4.78, 5) is 19.5. The molecule has 0 aliphatic heterocycles. The van der Waals surface area contributed by atoms with Crippen molar-refractivity contribution in [3.63, 3.8) is 0 Å². The zero-order valence-electron chi connectivity index (χ0n) is 25.0. The number of carboxylic acid groups (broad SMARTS) is 1. The number of rotatable bonds is 7. The molecule has 1 aliphatic rings. The van der Waals surface area contributed by atoms with Gasteiger partial charge in [-0.15, -0.1) is 0 Å². The van der Waals surface area contributed by atoms with Gasteiger partial charge in [0.25, 0.3) is 0 Å². The van der Waals surface area contributed by atoms with E-state index in [1.165, 1.54) is 42.6 Å². The van der Waals surface area contributed by atoms with Crippen LogP contribution in [0.5, 0.6) is 17.2 Å². The van der Waals surface area contributed by atoms with Crippen LogP contribution < -0.4 is 16.2 Å². The van der Waals surface area contributed by atoms with Crippen molar-refractivity contribution in [1.29, 1.82) is 0 Å². The van der Waals surface area contributed by atoms with Crippen LogP contribution in [0, 0.1) is 5.41 Å². The number of aliphatic carboxylic acids is 1. The Kier molecular flexibility index (Phi) is 15.7. The highest BCUT2D eigenvalue weighted by Crippen LogP contribution is 2.41. The number of ether oxygens (including phenoxy) is 1.